The summed E-state index contributed by atoms with van der Waals surface area (Å²) in [5.41, 5.74) is 4.43. The molecule has 72 valence electrons. The van der Waals surface area contributed by atoms with Crippen molar-refractivity contribution in [3.63, 3.8) is 0 Å². The molecular formula is C8H14N4O. The smallest absolute Gasteiger partial charge is 0.217 e. The third kappa shape index (κ3) is 1.30. The van der Waals surface area contributed by atoms with Gasteiger partial charge in [0, 0.05) is 12.2 Å². The van der Waals surface area contributed by atoms with Crippen molar-refractivity contribution in [2.24, 2.45) is 5.84 Å². The van der Waals surface area contributed by atoms with E-state index in [1.54, 1.807) is 0 Å². The second-order valence-electron chi connectivity index (χ2n) is 3.24. The fraction of sp³-hybridized carbons (Fsp3) is 0.625. The first-order chi connectivity index (χ1) is 6.36. The number of anilines is 1. The molecule has 2 heterocycles. The summed E-state index contributed by atoms with van der Waals surface area (Å²) in [6.45, 7) is 0.943. The van der Waals surface area contributed by atoms with Crippen LogP contribution in [0.3, 0.4) is 0 Å². The van der Waals surface area contributed by atoms with Gasteiger partial charge in [-0.25, -0.2) is 10.8 Å². The second kappa shape index (κ2) is 3.35. The number of hydrogen-bond donors (Lipinski definition) is 3. The Morgan fingerprint density at radius 3 is 3.08 bits per heavy atom. The maximum absolute atomic E-state index is 9.06. The van der Waals surface area contributed by atoms with E-state index in [1.165, 1.54) is 6.42 Å². The highest BCUT2D eigenvalue weighted by molar-refractivity contribution is 5.33. The van der Waals surface area contributed by atoms with Gasteiger partial charge < -0.3 is 9.67 Å². The van der Waals surface area contributed by atoms with Gasteiger partial charge in [-0.1, -0.05) is 0 Å². The SMILES string of the molecule is NNc1nc(CO)c2n1CCCC2. The van der Waals surface area contributed by atoms with E-state index in [9.17, 15) is 0 Å². The number of aliphatic hydroxyl groups is 1. The first-order valence-electron chi connectivity index (χ1n) is 4.52. The lowest BCUT2D eigenvalue weighted by Crippen LogP contribution is -2.17. The minimum Gasteiger partial charge on any atom is -0.390 e. The summed E-state index contributed by atoms with van der Waals surface area (Å²) in [6.07, 6.45) is 3.32. The molecule has 2 rings (SSSR count). The molecule has 1 aliphatic rings. The van der Waals surface area contributed by atoms with E-state index in [4.69, 9.17) is 10.9 Å². The summed E-state index contributed by atoms with van der Waals surface area (Å²) >= 11 is 0. The van der Waals surface area contributed by atoms with Gasteiger partial charge >= 0.3 is 0 Å². The van der Waals surface area contributed by atoms with Gasteiger partial charge in [0.25, 0.3) is 0 Å². The molecule has 0 amide bonds. The highest BCUT2D eigenvalue weighted by atomic mass is 16.3. The van der Waals surface area contributed by atoms with Crippen molar-refractivity contribution in [1.82, 2.24) is 9.55 Å². The number of imidazole rings is 1. The first kappa shape index (κ1) is 8.52. The monoisotopic (exact) mass is 182 g/mol. The number of nitrogen functional groups attached to an aromatic ring is 1. The summed E-state index contributed by atoms with van der Waals surface area (Å²) in [6, 6.07) is 0. The number of nitrogens with one attached hydrogen (secondary N) is 1. The van der Waals surface area contributed by atoms with Crippen LogP contribution in [0.5, 0.6) is 0 Å². The quantitative estimate of drug-likeness (QED) is 0.444. The number of hydrazine groups is 1. The topological polar surface area (TPSA) is 76.1 Å². The zero-order valence-electron chi connectivity index (χ0n) is 7.45. The normalized spacial score (nSPS) is 15.5. The van der Waals surface area contributed by atoms with Crippen LogP contribution in [-0.4, -0.2) is 14.7 Å². The molecule has 1 aromatic heterocycles. The molecule has 0 aromatic carbocycles. The third-order valence-corrected chi connectivity index (χ3v) is 2.48. The standard InChI is InChI=1S/C8H14N4O/c9-11-8-10-6(5-13)7-3-1-2-4-12(7)8/h13H,1-5,9H2,(H,10,11). The Morgan fingerprint density at radius 1 is 1.54 bits per heavy atom. The molecule has 1 aromatic rings. The van der Waals surface area contributed by atoms with Crippen LogP contribution in [0.2, 0.25) is 0 Å². The predicted molar refractivity (Wildman–Crippen MR) is 48.9 cm³/mol. The summed E-state index contributed by atoms with van der Waals surface area (Å²) in [7, 11) is 0. The van der Waals surface area contributed by atoms with Crippen molar-refractivity contribution in [3.8, 4) is 0 Å². The number of aliphatic hydroxyl groups excluding tert-OH is 1. The Bertz CT molecular complexity index is 279. The van der Waals surface area contributed by atoms with E-state index in [-0.39, 0.29) is 6.61 Å². The highest BCUT2D eigenvalue weighted by Gasteiger charge is 2.18. The number of fused-ring (bicyclic) bond motifs is 1. The Hall–Kier alpha value is -1.07. The molecule has 0 unspecified atom stereocenters. The van der Waals surface area contributed by atoms with Crippen molar-refractivity contribution in [1.29, 1.82) is 0 Å². The van der Waals surface area contributed by atoms with Crippen molar-refractivity contribution in [2.75, 3.05) is 5.43 Å². The number of aromatic nitrogens is 2. The predicted octanol–water partition coefficient (Wildman–Crippen LogP) is -0.00270. The van der Waals surface area contributed by atoms with Gasteiger partial charge in [-0.15, -0.1) is 0 Å². The van der Waals surface area contributed by atoms with Crippen molar-refractivity contribution >= 4 is 5.95 Å². The van der Waals surface area contributed by atoms with Crippen LogP contribution >= 0.6 is 0 Å². The minimum absolute atomic E-state index is 0.00296. The summed E-state index contributed by atoms with van der Waals surface area (Å²) in [5, 5.41) is 9.06. The van der Waals surface area contributed by atoms with Crippen molar-refractivity contribution in [3.05, 3.63) is 11.4 Å². The molecule has 0 spiro atoms. The molecule has 0 radical (unpaired) electrons. The minimum atomic E-state index is -0.00296. The lowest BCUT2D eigenvalue weighted by Gasteiger charge is -2.16. The van der Waals surface area contributed by atoms with Crippen LogP contribution in [0.1, 0.15) is 24.2 Å². The first-order valence-corrected chi connectivity index (χ1v) is 4.52. The largest absolute Gasteiger partial charge is 0.390 e. The number of hydrogen-bond acceptors (Lipinski definition) is 4. The molecule has 0 saturated heterocycles. The molecule has 0 saturated carbocycles. The van der Waals surface area contributed by atoms with E-state index in [0.29, 0.717) is 5.95 Å². The number of nitrogens with two attached hydrogens (primary N) is 1. The van der Waals surface area contributed by atoms with Crippen LogP contribution in [0, 0.1) is 0 Å². The number of nitrogens with zero attached hydrogens (tertiary/aromatic N) is 2. The average Bonchev–Trinajstić information content (AvgIpc) is 2.56. The van der Waals surface area contributed by atoms with E-state index in [1.807, 2.05) is 0 Å². The maximum Gasteiger partial charge on any atom is 0.217 e. The van der Waals surface area contributed by atoms with Crippen LogP contribution < -0.4 is 11.3 Å². The van der Waals surface area contributed by atoms with Crippen molar-refractivity contribution in [2.45, 2.75) is 32.4 Å². The average molecular weight is 182 g/mol. The van der Waals surface area contributed by atoms with E-state index in [0.717, 1.165) is 30.8 Å². The highest BCUT2D eigenvalue weighted by Crippen LogP contribution is 2.22. The van der Waals surface area contributed by atoms with Gasteiger partial charge in [0.05, 0.1) is 12.3 Å². The molecule has 5 nitrogen and oxygen atoms in total. The molecule has 0 fully saturated rings. The molecule has 0 aliphatic carbocycles. The van der Waals surface area contributed by atoms with Crippen molar-refractivity contribution < 1.29 is 5.11 Å². The summed E-state index contributed by atoms with van der Waals surface area (Å²) in [4.78, 5) is 4.21. The molecule has 0 atom stereocenters. The van der Waals surface area contributed by atoms with Gasteiger partial charge in [-0.05, 0) is 19.3 Å². The fourth-order valence-corrected chi connectivity index (χ4v) is 1.86. The van der Waals surface area contributed by atoms with E-state index < -0.39 is 0 Å². The molecule has 13 heavy (non-hydrogen) atoms. The zero-order chi connectivity index (χ0) is 9.26. The lowest BCUT2D eigenvalue weighted by atomic mass is 10.1. The Kier molecular flexibility index (Phi) is 2.20. The van der Waals surface area contributed by atoms with Crippen LogP contribution in [0.25, 0.3) is 0 Å². The van der Waals surface area contributed by atoms with Gasteiger partial charge in [0.2, 0.25) is 5.95 Å². The van der Waals surface area contributed by atoms with Crippen LogP contribution in [0.15, 0.2) is 0 Å². The molecule has 0 bridgehead atoms. The van der Waals surface area contributed by atoms with E-state index in [2.05, 4.69) is 15.0 Å². The van der Waals surface area contributed by atoms with Gasteiger partial charge in [0.1, 0.15) is 0 Å². The third-order valence-electron chi connectivity index (χ3n) is 2.48. The summed E-state index contributed by atoms with van der Waals surface area (Å²) in [5.74, 6) is 5.99. The van der Waals surface area contributed by atoms with Crippen LogP contribution in [-0.2, 0) is 19.6 Å². The zero-order valence-corrected chi connectivity index (χ0v) is 7.45. The fourth-order valence-electron chi connectivity index (χ4n) is 1.86. The Balaban J connectivity index is 2.44. The molecule has 4 N–H and O–H groups in total. The second-order valence-corrected chi connectivity index (χ2v) is 3.24. The van der Waals surface area contributed by atoms with Gasteiger partial charge in [0.15, 0.2) is 0 Å². The summed E-state index contributed by atoms with van der Waals surface area (Å²) < 4.78 is 2.05. The van der Waals surface area contributed by atoms with E-state index >= 15 is 0 Å². The Labute approximate surface area is 76.5 Å². The van der Waals surface area contributed by atoms with Gasteiger partial charge in [-0.2, -0.15) is 0 Å². The molecule has 1 aliphatic heterocycles. The molecule has 5 heteroatoms. The van der Waals surface area contributed by atoms with Crippen LogP contribution in [0.4, 0.5) is 5.95 Å². The number of rotatable bonds is 2. The molecular weight excluding hydrogens is 168 g/mol. The van der Waals surface area contributed by atoms with Gasteiger partial charge in [-0.3, -0.25) is 5.43 Å². The lowest BCUT2D eigenvalue weighted by molar-refractivity contribution is 0.275. The Morgan fingerprint density at radius 2 is 2.38 bits per heavy atom. The maximum atomic E-state index is 9.06.